The van der Waals surface area contributed by atoms with Crippen LogP contribution in [0.25, 0.3) is 0 Å². The van der Waals surface area contributed by atoms with Crippen LogP contribution in [0.5, 0.6) is 0 Å². The van der Waals surface area contributed by atoms with Crippen molar-refractivity contribution in [3.05, 3.63) is 35.9 Å². The van der Waals surface area contributed by atoms with E-state index >= 15 is 0 Å². The van der Waals surface area contributed by atoms with Gasteiger partial charge in [0.2, 0.25) is 0 Å². The van der Waals surface area contributed by atoms with Gasteiger partial charge in [0, 0.05) is 16.4 Å². The zero-order chi connectivity index (χ0) is 12.0. The van der Waals surface area contributed by atoms with Crippen molar-refractivity contribution in [3.63, 3.8) is 0 Å². The second-order valence-electron chi connectivity index (χ2n) is 4.26. The maximum absolute atomic E-state index is 11.9. The Hall–Kier alpha value is -0.620. The minimum atomic E-state index is -0.0148. The van der Waals surface area contributed by atoms with Crippen molar-refractivity contribution in [1.82, 2.24) is 5.43 Å². The van der Waals surface area contributed by atoms with E-state index in [9.17, 15) is 4.79 Å². The summed E-state index contributed by atoms with van der Waals surface area (Å²) in [6.07, 6.45) is 1.10. The van der Waals surface area contributed by atoms with Gasteiger partial charge in [0.05, 0.1) is 14.1 Å². The van der Waals surface area contributed by atoms with E-state index in [2.05, 4.69) is 28.0 Å². The fourth-order valence-electron chi connectivity index (χ4n) is 1.44. The number of halogens is 1. The van der Waals surface area contributed by atoms with Crippen molar-refractivity contribution < 1.29 is 9.39 Å². The Balaban J connectivity index is 2.57. The molecule has 0 bridgehead atoms. The molecule has 0 heterocycles. The van der Waals surface area contributed by atoms with Gasteiger partial charge < -0.3 is 0 Å². The van der Waals surface area contributed by atoms with Crippen molar-refractivity contribution >= 4 is 28.5 Å². The molecule has 0 saturated heterocycles. The molecule has 88 valence electrons. The predicted molar refractivity (Wildman–Crippen MR) is 74.4 cm³/mol. The molecule has 1 aromatic rings. The summed E-state index contributed by atoms with van der Waals surface area (Å²) in [4.78, 5) is 11.9. The number of carbonyl (C=O) groups excluding carboxylic acids is 1. The fourth-order valence-corrected chi connectivity index (χ4v) is 1.78. The molecule has 0 radical (unpaired) electrons. The summed E-state index contributed by atoms with van der Waals surface area (Å²) in [5, 5.41) is 0. The number of rotatable bonds is 5. The molecule has 1 rings (SSSR count). The van der Waals surface area contributed by atoms with E-state index in [-0.39, 0.29) is 5.91 Å². The van der Waals surface area contributed by atoms with E-state index in [4.69, 9.17) is 0 Å². The normalized spacial score (nSPS) is 11.2. The van der Waals surface area contributed by atoms with Crippen LogP contribution in [0.4, 0.5) is 0 Å². The van der Waals surface area contributed by atoms with E-state index in [0.717, 1.165) is 17.4 Å². The number of carbonyl (C=O) groups is 1. The zero-order valence-electron chi connectivity index (χ0n) is 9.74. The average molecular weight is 333 g/mol. The molecule has 0 unspecified atom stereocenters. The van der Waals surface area contributed by atoms with Crippen LogP contribution in [0, 0.1) is 0 Å². The van der Waals surface area contributed by atoms with E-state index in [1.807, 2.05) is 44.4 Å². The van der Waals surface area contributed by atoms with Crippen molar-refractivity contribution in [2.24, 2.45) is 0 Å². The number of hydrogen-bond acceptors (Lipinski definition) is 1. The number of quaternary nitrogens is 1. The van der Waals surface area contributed by atoms with Crippen molar-refractivity contribution in [3.8, 4) is 0 Å². The van der Waals surface area contributed by atoms with Crippen LogP contribution in [0.15, 0.2) is 30.3 Å². The fraction of sp³-hybridized carbons (Fsp3) is 0.417. The molecule has 1 aromatic carbocycles. The molecular formula is C12H18IN2O+. The van der Waals surface area contributed by atoms with Crippen LogP contribution in [-0.4, -0.2) is 35.6 Å². The lowest BCUT2D eigenvalue weighted by Crippen LogP contribution is -2.54. The first kappa shape index (κ1) is 13.4. The van der Waals surface area contributed by atoms with E-state index < -0.39 is 0 Å². The molecule has 0 aliphatic carbocycles. The van der Waals surface area contributed by atoms with Crippen molar-refractivity contribution in [1.29, 1.82) is 0 Å². The minimum absolute atomic E-state index is 0.0148. The Morgan fingerprint density at radius 2 is 1.94 bits per heavy atom. The van der Waals surface area contributed by atoms with Gasteiger partial charge in [0.25, 0.3) is 5.91 Å². The van der Waals surface area contributed by atoms with Crippen molar-refractivity contribution in [2.45, 2.75) is 6.42 Å². The second kappa shape index (κ2) is 6.20. The standard InChI is InChI=1S/C12H17IN2O/c1-15(2,10-6-9-13)14-12(16)11-7-4-3-5-8-11/h3-5,7-8H,6,9-10H2,1-2H3/p+1. The lowest BCUT2D eigenvalue weighted by molar-refractivity contribution is -0.924. The topological polar surface area (TPSA) is 29.1 Å². The van der Waals surface area contributed by atoms with Gasteiger partial charge in [-0.2, -0.15) is 5.43 Å². The number of nitrogens with zero attached hydrogens (tertiary/aromatic N) is 1. The largest absolute Gasteiger partial charge is 0.295 e. The quantitative estimate of drug-likeness (QED) is 0.381. The maximum Gasteiger partial charge on any atom is 0.295 e. The summed E-state index contributed by atoms with van der Waals surface area (Å²) in [6, 6.07) is 9.31. The van der Waals surface area contributed by atoms with E-state index in [1.165, 1.54) is 0 Å². The third-order valence-corrected chi connectivity index (χ3v) is 3.05. The summed E-state index contributed by atoms with van der Waals surface area (Å²) >= 11 is 2.35. The van der Waals surface area contributed by atoms with Gasteiger partial charge in [-0.25, -0.2) is 4.59 Å². The molecule has 0 saturated carbocycles. The highest BCUT2D eigenvalue weighted by atomic mass is 127. The summed E-state index contributed by atoms with van der Waals surface area (Å²) in [7, 11) is 4.01. The van der Waals surface area contributed by atoms with Crippen LogP contribution < -0.4 is 5.43 Å². The Labute approximate surface area is 111 Å². The molecule has 1 amide bonds. The highest BCUT2D eigenvalue weighted by molar-refractivity contribution is 14.1. The number of nitrogens with one attached hydrogen (secondary N) is 1. The first-order chi connectivity index (χ1) is 7.55. The summed E-state index contributed by atoms with van der Waals surface area (Å²) in [6.45, 7) is 0.946. The smallest absolute Gasteiger partial charge is 0.264 e. The molecule has 0 aliphatic rings. The van der Waals surface area contributed by atoms with E-state index in [0.29, 0.717) is 10.2 Å². The first-order valence-corrected chi connectivity index (χ1v) is 6.84. The Bertz CT molecular complexity index is 338. The van der Waals surface area contributed by atoms with Crippen LogP contribution >= 0.6 is 22.6 Å². The van der Waals surface area contributed by atoms with Gasteiger partial charge in [-0.3, -0.25) is 4.79 Å². The number of amides is 1. The van der Waals surface area contributed by atoms with Crippen LogP contribution in [0.1, 0.15) is 16.8 Å². The van der Waals surface area contributed by atoms with Crippen LogP contribution in [-0.2, 0) is 0 Å². The Kier molecular flexibility index (Phi) is 5.21. The molecule has 3 nitrogen and oxygen atoms in total. The third-order valence-electron chi connectivity index (χ3n) is 2.29. The predicted octanol–water partition coefficient (Wildman–Crippen LogP) is 2.23. The highest BCUT2D eigenvalue weighted by Crippen LogP contribution is 2.02. The molecule has 0 fully saturated rings. The summed E-state index contributed by atoms with van der Waals surface area (Å²) < 4.78 is 1.64. The molecule has 4 heteroatoms. The van der Waals surface area contributed by atoms with Crippen LogP contribution in [0.2, 0.25) is 0 Å². The van der Waals surface area contributed by atoms with Gasteiger partial charge in [-0.15, -0.1) is 0 Å². The molecule has 1 N–H and O–H groups in total. The number of benzene rings is 1. The van der Waals surface area contributed by atoms with Gasteiger partial charge in [-0.1, -0.05) is 40.8 Å². The van der Waals surface area contributed by atoms with E-state index in [1.54, 1.807) is 0 Å². The summed E-state index contributed by atoms with van der Waals surface area (Å²) in [5.74, 6) is -0.0148. The van der Waals surface area contributed by atoms with Crippen LogP contribution in [0.3, 0.4) is 0 Å². The van der Waals surface area contributed by atoms with Crippen molar-refractivity contribution in [2.75, 3.05) is 25.1 Å². The lowest BCUT2D eigenvalue weighted by Gasteiger charge is -2.28. The molecule has 0 aromatic heterocycles. The molecule has 16 heavy (non-hydrogen) atoms. The lowest BCUT2D eigenvalue weighted by atomic mass is 10.2. The van der Waals surface area contributed by atoms with Gasteiger partial charge in [0.1, 0.15) is 6.54 Å². The first-order valence-electron chi connectivity index (χ1n) is 5.32. The minimum Gasteiger partial charge on any atom is -0.264 e. The van der Waals surface area contributed by atoms with Gasteiger partial charge in [0.15, 0.2) is 0 Å². The maximum atomic E-state index is 11.9. The summed E-state index contributed by atoms with van der Waals surface area (Å²) in [5.41, 5.74) is 3.71. The van der Waals surface area contributed by atoms with Gasteiger partial charge >= 0.3 is 0 Å². The Morgan fingerprint density at radius 1 is 1.31 bits per heavy atom. The number of hydrogen-bond donors (Lipinski definition) is 1. The average Bonchev–Trinajstić information content (AvgIpc) is 2.27. The molecular weight excluding hydrogens is 315 g/mol. The second-order valence-corrected chi connectivity index (χ2v) is 5.34. The zero-order valence-corrected chi connectivity index (χ0v) is 11.9. The molecule has 0 spiro atoms. The van der Waals surface area contributed by atoms with Gasteiger partial charge in [-0.05, 0) is 12.1 Å². The monoisotopic (exact) mass is 333 g/mol. The molecule has 0 atom stereocenters. The number of alkyl halides is 1. The highest BCUT2D eigenvalue weighted by Gasteiger charge is 2.18. The Morgan fingerprint density at radius 3 is 2.50 bits per heavy atom. The third kappa shape index (κ3) is 4.49. The molecule has 0 aliphatic heterocycles. The SMILES string of the molecule is C[N+](C)(CCCI)NC(=O)c1ccccc1.